The van der Waals surface area contributed by atoms with E-state index in [-0.39, 0.29) is 5.38 Å². The predicted molar refractivity (Wildman–Crippen MR) is 61.5 cm³/mol. The Morgan fingerprint density at radius 1 is 1.40 bits per heavy atom. The second-order valence-electron chi connectivity index (χ2n) is 3.92. The SMILES string of the molecule is COc1ncnc(CC(Cl)C(C)C)c1C. The van der Waals surface area contributed by atoms with Crippen molar-refractivity contribution in [2.24, 2.45) is 5.92 Å². The standard InChI is InChI=1S/C11H17ClN2O/c1-7(2)9(12)5-10-8(3)11(15-4)14-6-13-10/h6-7,9H,5H2,1-4H3. The first-order valence-electron chi connectivity index (χ1n) is 5.04. The van der Waals surface area contributed by atoms with Crippen LogP contribution in [0.4, 0.5) is 0 Å². The lowest BCUT2D eigenvalue weighted by molar-refractivity contribution is 0.392. The van der Waals surface area contributed by atoms with Crippen molar-refractivity contribution < 1.29 is 4.74 Å². The molecule has 1 unspecified atom stereocenters. The second kappa shape index (κ2) is 5.31. The molecule has 0 bridgehead atoms. The molecular formula is C11H17ClN2O. The van der Waals surface area contributed by atoms with Crippen LogP contribution in [0.1, 0.15) is 25.1 Å². The van der Waals surface area contributed by atoms with Crippen molar-refractivity contribution in [3.63, 3.8) is 0 Å². The second-order valence-corrected chi connectivity index (χ2v) is 4.48. The van der Waals surface area contributed by atoms with Gasteiger partial charge in [-0.3, -0.25) is 0 Å². The van der Waals surface area contributed by atoms with E-state index in [0.717, 1.165) is 17.7 Å². The third kappa shape index (κ3) is 3.06. The number of methoxy groups -OCH3 is 1. The summed E-state index contributed by atoms with van der Waals surface area (Å²) in [6, 6.07) is 0. The molecule has 84 valence electrons. The van der Waals surface area contributed by atoms with E-state index in [0.29, 0.717) is 11.8 Å². The number of hydrogen-bond donors (Lipinski definition) is 0. The van der Waals surface area contributed by atoms with Crippen LogP contribution in [0.25, 0.3) is 0 Å². The average Bonchev–Trinajstić information content (AvgIpc) is 2.21. The minimum absolute atomic E-state index is 0.100. The molecule has 3 nitrogen and oxygen atoms in total. The maximum atomic E-state index is 6.22. The van der Waals surface area contributed by atoms with Crippen LogP contribution in [0.5, 0.6) is 5.88 Å². The van der Waals surface area contributed by atoms with Gasteiger partial charge in [-0.05, 0) is 12.8 Å². The average molecular weight is 229 g/mol. The summed E-state index contributed by atoms with van der Waals surface area (Å²) >= 11 is 6.22. The molecular weight excluding hydrogens is 212 g/mol. The first-order chi connectivity index (χ1) is 7.06. The summed E-state index contributed by atoms with van der Waals surface area (Å²) in [6.45, 7) is 6.16. The van der Waals surface area contributed by atoms with Gasteiger partial charge in [0.1, 0.15) is 6.33 Å². The number of alkyl halides is 1. The molecule has 1 rings (SSSR count). The maximum Gasteiger partial charge on any atom is 0.219 e. The Kier molecular flexibility index (Phi) is 4.33. The third-order valence-corrected chi connectivity index (χ3v) is 3.11. The molecule has 0 fully saturated rings. The summed E-state index contributed by atoms with van der Waals surface area (Å²) in [4.78, 5) is 8.27. The van der Waals surface area contributed by atoms with Crippen LogP contribution in [0.3, 0.4) is 0 Å². The highest BCUT2D eigenvalue weighted by Gasteiger charge is 2.14. The largest absolute Gasteiger partial charge is 0.481 e. The predicted octanol–water partition coefficient (Wildman–Crippen LogP) is 2.60. The molecule has 0 aromatic carbocycles. The molecule has 0 aliphatic heterocycles. The van der Waals surface area contributed by atoms with Crippen molar-refractivity contribution in [2.45, 2.75) is 32.6 Å². The Morgan fingerprint density at radius 2 is 2.07 bits per heavy atom. The van der Waals surface area contributed by atoms with Gasteiger partial charge in [0.15, 0.2) is 0 Å². The molecule has 4 heteroatoms. The Balaban J connectivity index is 2.86. The fourth-order valence-corrected chi connectivity index (χ4v) is 1.45. The summed E-state index contributed by atoms with van der Waals surface area (Å²) in [5, 5.41) is 0.100. The molecule has 1 atom stereocenters. The van der Waals surface area contributed by atoms with Crippen LogP contribution in [0.15, 0.2) is 6.33 Å². The van der Waals surface area contributed by atoms with Crippen LogP contribution in [-0.2, 0) is 6.42 Å². The summed E-state index contributed by atoms with van der Waals surface area (Å²) in [5.41, 5.74) is 1.95. The molecule has 0 aliphatic rings. The Morgan fingerprint density at radius 3 is 2.60 bits per heavy atom. The van der Waals surface area contributed by atoms with E-state index in [2.05, 4.69) is 23.8 Å². The summed E-state index contributed by atoms with van der Waals surface area (Å²) in [7, 11) is 1.61. The van der Waals surface area contributed by atoms with Gasteiger partial charge < -0.3 is 4.74 Å². The van der Waals surface area contributed by atoms with E-state index in [9.17, 15) is 0 Å². The fourth-order valence-electron chi connectivity index (χ4n) is 1.30. The molecule has 0 N–H and O–H groups in total. The molecule has 1 aromatic heterocycles. The maximum absolute atomic E-state index is 6.22. The number of aromatic nitrogens is 2. The summed E-state index contributed by atoms with van der Waals surface area (Å²) in [5.74, 6) is 1.07. The zero-order chi connectivity index (χ0) is 11.4. The van der Waals surface area contributed by atoms with Gasteiger partial charge in [0, 0.05) is 17.4 Å². The molecule has 15 heavy (non-hydrogen) atoms. The topological polar surface area (TPSA) is 35.0 Å². The number of rotatable bonds is 4. The monoisotopic (exact) mass is 228 g/mol. The molecule has 0 radical (unpaired) electrons. The zero-order valence-electron chi connectivity index (χ0n) is 9.62. The highest BCUT2D eigenvalue weighted by molar-refractivity contribution is 6.20. The molecule has 0 aliphatic carbocycles. The lowest BCUT2D eigenvalue weighted by Crippen LogP contribution is -2.13. The van der Waals surface area contributed by atoms with E-state index in [1.807, 2.05) is 6.92 Å². The van der Waals surface area contributed by atoms with Crippen molar-refractivity contribution in [3.05, 3.63) is 17.6 Å². The van der Waals surface area contributed by atoms with Gasteiger partial charge in [0.25, 0.3) is 0 Å². The van der Waals surface area contributed by atoms with Gasteiger partial charge in [-0.1, -0.05) is 13.8 Å². The van der Waals surface area contributed by atoms with Gasteiger partial charge >= 0.3 is 0 Å². The van der Waals surface area contributed by atoms with Crippen molar-refractivity contribution in [1.82, 2.24) is 9.97 Å². The van der Waals surface area contributed by atoms with E-state index in [1.165, 1.54) is 6.33 Å². The van der Waals surface area contributed by atoms with E-state index in [4.69, 9.17) is 16.3 Å². The minimum atomic E-state index is 0.100. The molecule has 0 saturated heterocycles. The van der Waals surface area contributed by atoms with E-state index < -0.39 is 0 Å². The van der Waals surface area contributed by atoms with Gasteiger partial charge in [0.05, 0.1) is 12.8 Å². The van der Waals surface area contributed by atoms with Crippen LogP contribution in [0, 0.1) is 12.8 Å². The van der Waals surface area contributed by atoms with Gasteiger partial charge in [-0.15, -0.1) is 11.6 Å². The van der Waals surface area contributed by atoms with Crippen LogP contribution < -0.4 is 4.74 Å². The van der Waals surface area contributed by atoms with E-state index in [1.54, 1.807) is 7.11 Å². The molecule has 0 spiro atoms. The normalized spacial score (nSPS) is 12.9. The van der Waals surface area contributed by atoms with Crippen LogP contribution in [-0.4, -0.2) is 22.5 Å². The number of hydrogen-bond acceptors (Lipinski definition) is 3. The Hall–Kier alpha value is -0.830. The van der Waals surface area contributed by atoms with Crippen LogP contribution in [0.2, 0.25) is 0 Å². The van der Waals surface area contributed by atoms with Crippen molar-refractivity contribution in [1.29, 1.82) is 0 Å². The van der Waals surface area contributed by atoms with Gasteiger partial charge in [-0.2, -0.15) is 0 Å². The summed E-state index contributed by atoms with van der Waals surface area (Å²) < 4.78 is 5.13. The Bertz CT molecular complexity index is 328. The first-order valence-corrected chi connectivity index (χ1v) is 5.48. The number of halogens is 1. The fraction of sp³-hybridized carbons (Fsp3) is 0.636. The lowest BCUT2D eigenvalue weighted by Gasteiger charge is -2.14. The highest BCUT2D eigenvalue weighted by atomic mass is 35.5. The zero-order valence-corrected chi connectivity index (χ0v) is 10.4. The molecule has 0 amide bonds. The smallest absolute Gasteiger partial charge is 0.219 e. The Labute approximate surface area is 95.8 Å². The van der Waals surface area contributed by atoms with Crippen LogP contribution >= 0.6 is 11.6 Å². The minimum Gasteiger partial charge on any atom is -0.481 e. The number of ether oxygens (including phenoxy) is 1. The number of nitrogens with zero attached hydrogens (tertiary/aromatic N) is 2. The molecule has 1 heterocycles. The van der Waals surface area contributed by atoms with E-state index >= 15 is 0 Å². The van der Waals surface area contributed by atoms with Crippen molar-refractivity contribution in [3.8, 4) is 5.88 Å². The summed E-state index contributed by atoms with van der Waals surface area (Å²) in [6.07, 6.45) is 2.27. The highest BCUT2D eigenvalue weighted by Crippen LogP contribution is 2.21. The molecule has 1 aromatic rings. The third-order valence-electron chi connectivity index (χ3n) is 2.45. The van der Waals surface area contributed by atoms with Crippen molar-refractivity contribution in [2.75, 3.05) is 7.11 Å². The lowest BCUT2D eigenvalue weighted by atomic mass is 10.0. The van der Waals surface area contributed by atoms with Gasteiger partial charge in [-0.25, -0.2) is 9.97 Å². The van der Waals surface area contributed by atoms with Gasteiger partial charge in [0.2, 0.25) is 5.88 Å². The first kappa shape index (κ1) is 12.2. The quantitative estimate of drug-likeness (QED) is 0.744. The van der Waals surface area contributed by atoms with Crippen molar-refractivity contribution >= 4 is 11.6 Å². The molecule has 0 saturated carbocycles.